The molecule has 110 valence electrons. The molecule has 0 fully saturated rings. The first-order valence-electron chi connectivity index (χ1n) is 6.70. The van der Waals surface area contributed by atoms with Gasteiger partial charge in [0.25, 0.3) is 0 Å². The Balaban J connectivity index is 1.92. The van der Waals surface area contributed by atoms with E-state index in [4.69, 9.17) is 22.1 Å². The molecule has 1 atom stereocenters. The van der Waals surface area contributed by atoms with Crippen molar-refractivity contribution in [3.63, 3.8) is 0 Å². The third kappa shape index (κ3) is 2.93. The molecule has 0 saturated heterocycles. The first-order valence-corrected chi connectivity index (χ1v) is 7.87. The van der Waals surface area contributed by atoms with Gasteiger partial charge in [0.1, 0.15) is 11.6 Å². The maximum absolute atomic E-state index is 14.1. The molecule has 0 saturated carbocycles. The van der Waals surface area contributed by atoms with Gasteiger partial charge in [-0.15, -0.1) is 0 Å². The number of nitrogens with two attached hydrogens (primary N) is 1. The highest BCUT2D eigenvalue weighted by atomic mass is 79.9. The Morgan fingerprint density at radius 3 is 3.00 bits per heavy atom. The summed E-state index contributed by atoms with van der Waals surface area (Å²) in [7, 11) is 0. The second kappa shape index (κ2) is 5.95. The monoisotopic (exact) mass is 369 g/mol. The van der Waals surface area contributed by atoms with Gasteiger partial charge in [-0.3, -0.25) is 0 Å². The lowest BCUT2D eigenvalue weighted by molar-refractivity contribution is 0.352. The summed E-state index contributed by atoms with van der Waals surface area (Å²) in [5.41, 5.74) is 8.69. The number of ether oxygens (including phenoxy) is 1. The van der Waals surface area contributed by atoms with Crippen LogP contribution in [0.3, 0.4) is 0 Å². The van der Waals surface area contributed by atoms with Crippen LogP contribution in [-0.4, -0.2) is 6.61 Å². The van der Waals surface area contributed by atoms with E-state index in [0.29, 0.717) is 28.1 Å². The minimum absolute atomic E-state index is 0.315. The average Bonchev–Trinajstić information content (AvgIpc) is 2.90. The second-order valence-corrected chi connectivity index (χ2v) is 6.40. The van der Waals surface area contributed by atoms with Crippen LogP contribution in [0.5, 0.6) is 5.75 Å². The van der Waals surface area contributed by atoms with Crippen molar-refractivity contribution in [3.05, 3.63) is 62.3 Å². The molecule has 2 N–H and O–H groups in total. The number of fused-ring (bicyclic) bond motifs is 1. The molecule has 2 aromatic carbocycles. The molecule has 1 heterocycles. The van der Waals surface area contributed by atoms with E-state index in [0.717, 1.165) is 23.3 Å². The zero-order valence-electron chi connectivity index (χ0n) is 11.2. The van der Waals surface area contributed by atoms with Crippen LogP contribution < -0.4 is 10.5 Å². The molecular formula is C16H14BrClFNO. The van der Waals surface area contributed by atoms with Gasteiger partial charge in [0.2, 0.25) is 0 Å². The third-order valence-electron chi connectivity index (χ3n) is 3.65. The van der Waals surface area contributed by atoms with E-state index in [-0.39, 0.29) is 5.82 Å². The molecule has 21 heavy (non-hydrogen) atoms. The van der Waals surface area contributed by atoms with Crippen molar-refractivity contribution in [1.29, 1.82) is 0 Å². The Morgan fingerprint density at radius 2 is 2.19 bits per heavy atom. The number of halogens is 3. The number of hydrogen-bond acceptors (Lipinski definition) is 2. The molecule has 0 spiro atoms. The van der Waals surface area contributed by atoms with Crippen molar-refractivity contribution in [2.45, 2.75) is 18.9 Å². The van der Waals surface area contributed by atoms with Crippen LogP contribution >= 0.6 is 27.5 Å². The highest BCUT2D eigenvalue weighted by Gasteiger charge is 2.21. The van der Waals surface area contributed by atoms with E-state index >= 15 is 0 Å². The predicted octanol–water partition coefficient (Wildman–Crippen LogP) is 4.42. The Bertz CT molecular complexity index is 692. The summed E-state index contributed by atoms with van der Waals surface area (Å²) in [5.74, 6) is 0.537. The fraction of sp³-hybridized carbons (Fsp3) is 0.250. The zero-order valence-corrected chi connectivity index (χ0v) is 13.5. The minimum atomic E-state index is -0.450. The summed E-state index contributed by atoms with van der Waals surface area (Å²) in [4.78, 5) is 0. The molecule has 2 nitrogen and oxygen atoms in total. The highest BCUT2D eigenvalue weighted by Crippen LogP contribution is 2.35. The molecule has 0 aliphatic carbocycles. The summed E-state index contributed by atoms with van der Waals surface area (Å²) in [6, 6.07) is 8.46. The van der Waals surface area contributed by atoms with Gasteiger partial charge in [-0.1, -0.05) is 23.7 Å². The maximum atomic E-state index is 14.1. The summed E-state index contributed by atoms with van der Waals surface area (Å²) in [6.45, 7) is 0.656. The molecule has 0 aromatic heterocycles. The van der Waals surface area contributed by atoms with E-state index in [1.807, 2.05) is 12.1 Å². The quantitative estimate of drug-likeness (QED) is 0.868. The van der Waals surface area contributed by atoms with Crippen molar-refractivity contribution in [3.8, 4) is 5.75 Å². The van der Waals surface area contributed by atoms with Gasteiger partial charge in [0.05, 0.1) is 11.1 Å². The highest BCUT2D eigenvalue weighted by molar-refractivity contribution is 9.10. The van der Waals surface area contributed by atoms with Gasteiger partial charge in [-0.2, -0.15) is 0 Å². The van der Waals surface area contributed by atoms with Crippen LogP contribution in [-0.2, 0) is 12.8 Å². The Hall–Kier alpha value is -1.10. The molecule has 0 amide bonds. The normalized spacial score (nSPS) is 14.7. The van der Waals surface area contributed by atoms with Gasteiger partial charge < -0.3 is 10.5 Å². The van der Waals surface area contributed by atoms with Gasteiger partial charge in [-0.05, 0) is 51.7 Å². The predicted molar refractivity (Wildman–Crippen MR) is 85.4 cm³/mol. The first kappa shape index (κ1) is 14.8. The fourth-order valence-corrected chi connectivity index (χ4v) is 3.30. The van der Waals surface area contributed by atoms with Crippen LogP contribution in [0, 0.1) is 5.82 Å². The van der Waals surface area contributed by atoms with Crippen LogP contribution in [0.4, 0.5) is 4.39 Å². The van der Waals surface area contributed by atoms with Crippen LogP contribution in [0.25, 0.3) is 0 Å². The lowest BCUT2D eigenvalue weighted by Gasteiger charge is -2.16. The van der Waals surface area contributed by atoms with E-state index in [9.17, 15) is 4.39 Å². The van der Waals surface area contributed by atoms with E-state index < -0.39 is 6.04 Å². The SMILES string of the molecule is NC(Cc1cc(Cl)cc2c1OCC2)c1cccc(Br)c1F. The van der Waals surface area contributed by atoms with Gasteiger partial charge in [0.15, 0.2) is 0 Å². The van der Waals surface area contributed by atoms with Crippen LogP contribution in [0.1, 0.15) is 22.7 Å². The fourth-order valence-electron chi connectivity index (χ4n) is 2.65. The molecule has 2 aromatic rings. The van der Waals surface area contributed by atoms with Crippen molar-refractivity contribution < 1.29 is 9.13 Å². The van der Waals surface area contributed by atoms with E-state index in [1.165, 1.54) is 0 Å². The Labute approximate surface area is 136 Å². The van der Waals surface area contributed by atoms with Crippen molar-refractivity contribution in [2.75, 3.05) is 6.61 Å². The molecule has 0 bridgehead atoms. The van der Waals surface area contributed by atoms with Gasteiger partial charge in [-0.25, -0.2) is 4.39 Å². The molecule has 1 aliphatic heterocycles. The van der Waals surface area contributed by atoms with Crippen LogP contribution in [0.2, 0.25) is 5.02 Å². The van der Waals surface area contributed by atoms with Crippen molar-refractivity contribution in [2.24, 2.45) is 5.73 Å². The Morgan fingerprint density at radius 1 is 1.38 bits per heavy atom. The molecule has 1 aliphatic rings. The molecule has 5 heteroatoms. The summed E-state index contributed by atoms with van der Waals surface area (Å²) in [5, 5.41) is 0.663. The summed E-state index contributed by atoms with van der Waals surface area (Å²) < 4.78 is 20.2. The first-order chi connectivity index (χ1) is 10.1. The van der Waals surface area contributed by atoms with E-state index in [2.05, 4.69) is 15.9 Å². The lowest BCUT2D eigenvalue weighted by Crippen LogP contribution is -2.15. The third-order valence-corrected chi connectivity index (χ3v) is 4.48. The van der Waals surface area contributed by atoms with Crippen molar-refractivity contribution in [1.82, 2.24) is 0 Å². The smallest absolute Gasteiger partial charge is 0.142 e. The van der Waals surface area contributed by atoms with E-state index in [1.54, 1.807) is 18.2 Å². The van der Waals surface area contributed by atoms with Crippen LogP contribution in [0.15, 0.2) is 34.8 Å². The lowest BCUT2D eigenvalue weighted by atomic mass is 9.97. The van der Waals surface area contributed by atoms with Gasteiger partial charge in [0, 0.05) is 23.0 Å². The molecule has 0 radical (unpaired) electrons. The largest absolute Gasteiger partial charge is 0.493 e. The Kier molecular flexibility index (Phi) is 4.20. The second-order valence-electron chi connectivity index (χ2n) is 5.11. The average molecular weight is 371 g/mol. The maximum Gasteiger partial charge on any atom is 0.142 e. The number of benzene rings is 2. The van der Waals surface area contributed by atoms with Crippen molar-refractivity contribution >= 4 is 27.5 Å². The summed E-state index contributed by atoms with van der Waals surface area (Å²) >= 11 is 9.32. The molecule has 1 unspecified atom stereocenters. The van der Waals surface area contributed by atoms with Gasteiger partial charge >= 0.3 is 0 Å². The zero-order chi connectivity index (χ0) is 15.0. The molecular weight excluding hydrogens is 357 g/mol. The minimum Gasteiger partial charge on any atom is -0.493 e. The topological polar surface area (TPSA) is 35.2 Å². The standard InChI is InChI=1S/C16H14BrClFNO/c17-13-3-1-2-12(15(13)19)14(20)8-10-7-11(18)6-9-4-5-21-16(9)10/h1-3,6-7,14H,4-5,8,20H2. The summed E-state index contributed by atoms with van der Waals surface area (Å²) in [6.07, 6.45) is 1.33. The number of rotatable bonds is 3. The molecule has 3 rings (SSSR count). The number of hydrogen-bond donors (Lipinski definition) is 1.